The van der Waals surface area contributed by atoms with Gasteiger partial charge in [0.15, 0.2) is 0 Å². The van der Waals surface area contributed by atoms with Gasteiger partial charge in [0.2, 0.25) is 0 Å². The molecular weight excluding hydrogens is 240 g/mol. The van der Waals surface area contributed by atoms with Crippen molar-refractivity contribution in [2.45, 2.75) is 13.5 Å². The van der Waals surface area contributed by atoms with Crippen LogP contribution in [0.3, 0.4) is 0 Å². The van der Waals surface area contributed by atoms with Gasteiger partial charge in [-0.1, -0.05) is 25.1 Å². The molecular formula is C15H20N2S. The van der Waals surface area contributed by atoms with Crippen LogP contribution in [-0.4, -0.2) is 23.5 Å². The molecule has 0 spiro atoms. The van der Waals surface area contributed by atoms with Gasteiger partial charge in [-0.3, -0.25) is 4.98 Å². The maximum Gasteiger partial charge on any atom is 0.0702 e. The highest BCUT2D eigenvalue weighted by molar-refractivity contribution is 7.98. The van der Waals surface area contributed by atoms with Crippen LogP contribution in [0, 0.1) is 5.92 Å². The predicted molar refractivity (Wildman–Crippen MR) is 81.0 cm³/mol. The molecule has 1 aromatic carbocycles. The number of hydrogen-bond donors (Lipinski definition) is 1. The molecule has 18 heavy (non-hydrogen) atoms. The molecule has 0 fully saturated rings. The van der Waals surface area contributed by atoms with Crippen molar-refractivity contribution in [1.29, 1.82) is 0 Å². The van der Waals surface area contributed by atoms with Crippen LogP contribution in [-0.2, 0) is 6.54 Å². The fourth-order valence-corrected chi connectivity index (χ4v) is 2.71. The first-order chi connectivity index (χ1) is 8.79. The van der Waals surface area contributed by atoms with E-state index < -0.39 is 0 Å². The molecule has 1 heterocycles. The van der Waals surface area contributed by atoms with Crippen LogP contribution in [0.5, 0.6) is 0 Å². The summed E-state index contributed by atoms with van der Waals surface area (Å²) in [7, 11) is 0. The number of thioether (sulfide) groups is 1. The van der Waals surface area contributed by atoms with Crippen molar-refractivity contribution in [3.63, 3.8) is 0 Å². The van der Waals surface area contributed by atoms with Gasteiger partial charge in [-0.25, -0.2) is 0 Å². The summed E-state index contributed by atoms with van der Waals surface area (Å²) < 4.78 is 0. The molecule has 0 radical (unpaired) electrons. The van der Waals surface area contributed by atoms with E-state index in [2.05, 4.69) is 41.7 Å². The standard InChI is InChI=1S/C15H20N2S/c1-12(11-18-2)8-16-9-13-7-14-5-3-4-6-15(14)17-10-13/h3-7,10,12,16H,8-9,11H2,1-2H3. The summed E-state index contributed by atoms with van der Waals surface area (Å²) in [5, 5.41) is 4.71. The number of para-hydroxylation sites is 1. The van der Waals surface area contributed by atoms with Gasteiger partial charge in [-0.05, 0) is 42.2 Å². The van der Waals surface area contributed by atoms with Gasteiger partial charge in [0.1, 0.15) is 0 Å². The van der Waals surface area contributed by atoms with E-state index in [-0.39, 0.29) is 0 Å². The number of nitrogens with one attached hydrogen (secondary N) is 1. The smallest absolute Gasteiger partial charge is 0.0702 e. The summed E-state index contributed by atoms with van der Waals surface area (Å²) in [5.74, 6) is 1.93. The van der Waals surface area contributed by atoms with E-state index in [1.165, 1.54) is 16.7 Å². The zero-order valence-corrected chi connectivity index (χ0v) is 11.8. The van der Waals surface area contributed by atoms with E-state index >= 15 is 0 Å². The zero-order chi connectivity index (χ0) is 12.8. The quantitative estimate of drug-likeness (QED) is 0.862. The molecule has 96 valence electrons. The molecule has 0 amide bonds. The Bertz CT molecular complexity index is 499. The minimum atomic E-state index is 0.716. The minimum Gasteiger partial charge on any atom is -0.312 e. The Morgan fingerprint density at radius 1 is 1.33 bits per heavy atom. The SMILES string of the molecule is CSCC(C)CNCc1cnc2ccccc2c1. The van der Waals surface area contributed by atoms with Gasteiger partial charge in [0.05, 0.1) is 5.52 Å². The molecule has 0 bridgehead atoms. The van der Waals surface area contributed by atoms with E-state index in [0.717, 1.165) is 18.6 Å². The molecule has 0 saturated carbocycles. The van der Waals surface area contributed by atoms with E-state index in [4.69, 9.17) is 0 Å². The highest BCUT2D eigenvalue weighted by atomic mass is 32.2. The second-order valence-corrected chi connectivity index (χ2v) is 5.64. The van der Waals surface area contributed by atoms with Gasteiger partial charge >= 0.3 is 0 Å². The molecule has 2 aromatic rings. The van der Waals surface area contributed by atoms with Gasteiger partial charge in [0.25, 0.3) is 0 Å². The Balaban J connectivity index is 1.91. The summed E-state index contributed by atoms with van der Waals surface area (Å²) >= 11 is 1.91. The number of nitrogens with zero attached hydrogens (tertiary/aromatic N) is 1. The molecule has 0 aliphatic heterocycles. The molecule has 0 aliphatic rings. The predicted octanol–water partition coefficient (Wildman–Crippen LogP) is 3.32. The first-order valence-electron chi connectivity index (χ1n) is 6.33. The van der Waals surface area contributed by atoms with Crippen molar-refractivity contribution in [3.05, 3.63) is 42.1 Å². The first kappa shape index (κ1) is 13.4. The third kappa shape index (κ3) is 3.72. The summed E-state index contributed by atoms with van der Waals surface area (Å²) in [6.45, 7) is 4.24. The van der Waals surface area contributed by atoms with Crippen molar-refractivity contribution < 1.29 is 0 Å². The lowest BCUT2D eigenvalue weighted by Gasteiger charge is -2.11. The number of hydrogen-bond acceptors (Lipinski definition) is 3. The zero-order valence-electron chi connectivity index (χ0n) is 11.0. The Labute approximate surface area is 113 Å². The molecule has 1 atom stereocenters. The number of fused-ring (bicyclic) bond motifs is 1. The monoisotopic (exact) mass is 260 g/mol. The molecule has 2 nitrogen and oxygen atoms in total. The normalized spacial score (nSPS) is 12.8. The Morgan fingerprint density at radius 2 is 2.17 bits per heavy atom. The molecule has 0 aliphatic carbocycles. The number of benzene rings is 1. The average molecular weight is 260 g/mol. The van der Waals surface area contributed by atoms with Crippen LogP contribution in [0.15, 0.2) is 36.5 Å². The van der Waals surface area contributed by atoms with E-state index in [9.17, 15) is 0 Å². The molecule has 3 heteroatoms. The number of pyridine rings is 1. The second-order valence-electron chi connectivity index (χ2n) is 4.73. The van der Waals surface area contributed by atoms with Crippen molar-refractivity contribution in [3.8, 4) is 0 Å². The number of rotatable bonds is 6. The fraction of sp³-hybridized carbons (Fsp3) is 0.400. The third-order valence-electron chi connectivity index (χ3n) is 2.92. The summed E-state index contributed by atoms with van der Waals surface area (Å²) in [6, 6.07) is 10.5. The van der Waals surface area contributed by atoms with Gasteiger partial charge < -0.3 is 5.32 Å². The molecule has 1 unspecified atom stereocenters. The molecule has 2 rings (SSSR count). The largest absolute Gasteiger partial charge is 0.312 e. The summed E-state index contributed by atoms with van der Waals surface area (Å²) in [4.78, 5) is 4.47. The van der Waals surface area contributed by atoms with Crippen LogP contribution in [0.25, 0.3) is 10.9 Å². The third-order valence-corrected chi connectivity index (χ3v) is 3.82. The minimum absolute atomic E-state index is 0.716. The van der Waals surface area contributed by atoms with Crippen LogP contribution >= 0.6 is 11.8 Å². The Morgan fingerprint density at radius 3 is 3.00 bits per heavy atom. The topological polar surface area (TPSA) is 24.9 Å². The molecule has 1 N–H and O–H groups in total. The molecule has 0 saturated heterocycles. The van der Waals surface area contributed by atoms with Gasteiger partial charge in [-0.2, -0.15) is 11.8 Å². The Hall–Kier alpha value is -1.06. The van der Waals surface area contributed by atoms with E-state index in [0.29, 0.717) is 5.92 Å². The van der Waals surface area contributed by atoms with Crippen LogP contribution < -0.4 is 5.32 Å². The first-order valence-corrected chi connectivity index (χ1v) is 7.72. The van der Waals surface area contributed by atoms with E-state index in [1.54, 1.807) is 0 Å². The van der Waals surface area contributed by atoms with Crippen molar-refractivity contribution >= 4 is 22.7 Å². The maximum absolute atomic E-state index is 4.47. The highest BCUT2D eigenvalue weighted by Crippen LogP contribution is 2.12. The average Bonchev–Trinajstić information content (AvgIpc) is 2.39. The van der Waals surface area contributed by atoms with Gasteiger partial charge in [-0.15, -0.1) is 0 Å². The second kappa shape index (κ2) is 6.76. The lowest BCUT2D eigenvalue weighted by molar-refractivity contribution is 0.559. The summed E-state index contributed by atoms with van der Waals surface area (Å²) in [6.07, 6.45) is 4.12. The maximum atomic E-state index is 4.47. The Kier molecular flexibility index (Phi) is 5.02. The fourth-order valence-electron chi connectivity index (χ4n) is 2.02. The van der Waals surface area contributed by atoms with Crippen molar-refractivity contribution in [2.24, 2.45) is 5.92 Å². The van der Waals surface area contributed by atoms with Crippen molar-refractivity contribution in [1.82, 2.24) is 10.3 Å². The van der Waals surface area contributed by atoms with Gasteiger partial charge in [0, 0.05) is 18.1 Å². The lowest BCUT2D eigenvalue weighted by atomic mass is 10.1. The number of aromatic nitrogens is 1. The summed E-state index contributed by atoms with van der Waals surface area (Å²) in [5.41, 5.74) is 2.32. The van der Waals surface area contributed by atoms with Crippen LogP contribution in [0.4, 0.5) is 0 Å². The van der Waals surface area contributed by atoms with Crippen LogP contribution in [0.1, 0.15) is 12.5 Å². The van der Waals surface area contributed by atoms with E-state index in [1.807, 2.05) is 30.1 Å². The van der Waals surface area contributed by atoms with Crippen LogP contribution in [0.2, 0.25) is 0 Å². The molecule has 1 aromatic heterocycles. The lowest BCUT2D eigenvalue weighted by Crippen LogP contribution is -2.22. The van der Waals surface area contributed by atoms with Crippen molar-refractivity contribution in [2.75, 3.05) is 18.6 Å². The highest BCUT2D eigenvalue weighted by Gasteiger charge is 2.01.